The van der Waals surface area contributed by atoms with Crippen LogP contribution in [-0.4, -0.2) is 30.8 Å². The van der Waals surface area contributed by atoms with Crippen molar-refractivity contribution in [1.29, 1.82) is 5.26 Å². The Morgan fingerprint density at radius 3 is 2.71 bits per heavy atom. The molecule has 0 spiro atoms. The molecule has 2 aromatic rings. The first-order valence-electron chi connectivity index (χ1n) is 7.80. The number of thiazole rings is 1. The van der Waals surface area contributed by atoms with Gasteiger partial charge in [0.05, 0.1) is 7.11 Å². The number of aryl methyl sites for hydroxylation is 1. The number of rotatable bonds is 7. The van der Waals surface area contributed by atoms with Gasteiger partial charge in [-0.05, 0) is 30.7 Å². The quantitative estimate of drug-likeness (QED) is 0.500. The second-order valence-corrected chi connectivity index (χ2v) is 6.27. The molecule has 0 bridgehead atoms. The molecule has 1 heterocycles. The highest BCUT2D eigenvalue weighted by molar-refractivity contribution is 7.09. The van der Waals surface area contributed by atoms with Crippen LogP contribution in [-0.2, 0) is 9.53 Å². The van der Waals surface area contributed by atoms with Crippen LogP contribution >= 0.6 is 11.3 Å². The molecule has 2 rings (SSSR count). The number of benzene rings is 1. The molecule has 1 atom stereocenters. The van der Waals surface area contributed by atoms with E-state index in [0.717, 1.165) is 17.4 Å². The molecule has 1 unspecified atom stereocenters. The third-order valence-electron chi connectivity index (χ3n) is 3.28. The van der Waals surface area contributed by atoms with Crippen LogP contribution in [0.4, 0.5) is 13.2 Å². The molecule has 148 valence electrons. The smallest absolute Gasteiger partial charge is 0.432 e. The molecule has 0 saturated carbocycles. The van der Waals surface area contributed by atoms with Gasteiger partial charge in [0.15, 0.2) is 18.1 Å². The maximum atomic E-state index is 13.2. The Bertz CT molecular complexity index is 903. The Kier molecular flexibility index (Phi) is 7.00. The number of halogens is 3. The minimum Gasteiger partial charge on any atom is -0.493 e. The summed E-state index contributed by atoms with van der Waals surface area (Å²) >= 11 is 0.768. The van der Waals surface area contributed by atoms with E-state index in [-0.39, 0.29) is 11.6 Å². The number of aromatic nitrogens is 1. The lowest BCUT2D eigenvalue weighted by Crippen LogP contribution is -2.25. The third kappa shape index (κ3) is 5.72. The van der Waals surface area contributed by atoms with E-state index in [1.54, 1.807) is 13.0 Å². The summed E-state index contributed by atoms with van der Waals surface area (Å²) in [4.78, 5) is 15.6. The average molecular weight is 412 g/mol. The van der Waals surface area contributed by atoms with Gasteiger partial charge in [-0.3, -0.25) is 0 Å². The van der Waals surface area contributed by atoms with Crippen molar-refractivity contribution in [3.63, 3.8) is 0 Å². The Morgan fingerprint density at radius 1 is 1.39 bits per heavy atom. The summed E-state index contributed by atoms with van der Waals surface area (Å²) in [5, 5.41) is 9.65. The van der Waals surface area contributed by atoms with E-state index >= 15 is 0 Å². The predicted octanol–water partition coefficient (Wildman–Crippen LogP) is 4.22. The van der Waals surface area contributed by atoms with Crippen molar-refractivity contribution in [3.8, 4) is 17.6 Å². The number of hydrogen-bond donors (Lipinski definition) is 0. The largest absolute Gasteiger partial charge is 0.493 e. The summed E-state index contributed by atoms with van der Waals surface area (Å²) in [7, 11) is 1.39. The van der Waals surface area contributed by atoms with Gasteiger partial charge in [-0.25, -0.2) is 9.78 Å². The molecule has 0 aliphatic carbocycles. The fourth-order valence-electron chi connectivity index (χ4n) is 2.09. The van der Waals surface area contributed by atoms with Gasteiger partial charge in [0.1, 0.15) is 11.1 Å². The number of methoxy groups -OCH3 is 1. The van der Waals surface area contributed by atoms with Crippen molar-refractivity contribution >= 4 is 23.4 Å². The molecule has 0 radical (unpaired) electrons. The molecular formula is C18H15F3N2O4S. The highest BCUT2D eigenvalue weighted by Crippen LogP contribution is 2.37. The van der Waals surface area contributed by atoms with Gasteiger partial charge < -0.3 is 14.2 Å². The highest BCUT2D eigenvalue weighted by atomic mass is 32.1. The van der Waals surface area contributed by atoms with Crippen molar-refractivity contribution < 1.29 is 32.2 Å². The normalized spacial score (nSPS) is 12.4. The lowest BCUT2D eigenvalue weighted by Gasteiger charge is -2.17. The first-order valence-corrected chi connectivity index (χ1v) is 8.67. The molecule has 0 aliphatic heterocycles. The van der Waals surface area contributed by atoms with Gasteiger partial charge in [0.2, 0.25) is 6.10 Å². The Balaban J connectivity index is 2.12. The summed E-state index contributed by atoms with van der Waals surface area (Å²) < 4.78 is 54.4. The van der Waals surface area contributed by atoms with Crippen molar-refractivity contribution in [3.05, 3.63) is 45.9 Å². The number of nitrogens with zero attached hydrogens (tertiary/aromatic N) is 2. The van der Waals surface area contributed by atoms with Crippen LogP contribution in [0.25, 0.3) is 6.08 Å². The molecular weight excluding hydrogens is 397 g/mol. The lowest BCUT2D eigenvalue weighted by molar-refractivity contribution is -0.221. The fraction of sp³-hybridized carbons (Fsp3) is 0.278. The second-order valence-electron chi connectivity index (χ2n) is 5.38. The maximum absolute atomic E-state index is 13.2. The zero-order valence-electron chi connectivity index (χ0n) is 14.8. The van der Waals surface area contributed by atoms with Crippen LogP contribution in [0.3, 0.4) is 0 Å². The van der Waals surface area contributed by atoms with Crippen LogP contribution in [0.1, 0.15) is 22.4 Å². The number of nitriles is 1. The first-order chi connectivity index (χ1) is 13.2. The first kappa shape index (κ1) is 21.2. The van der Waals surface area contributed by atoms with E-state index in [9.17, 15) is 18.0 Å². The Morgan fingerprint density at radius 2 is 2.14 bits per heavy atom. The fourth-order valence-corrected chi connectivity index (χ4v) is 2.93. The van der Waals surface area contributed by atoms with Crippen LogP contribution < -0.4 is 9.47 Å². The van der Waals surface area contributed by atoms with Gasteiger partial charge in [-0.1, -0.05) is 6.07 Å². The van der Waals surface area contributed by atoms with Crippen LogP contribution in [0.5, 0.6) is 11.5 Å². The van der Waals surface area contributed by atoms with E-state index in [1.807, 2.05) is 6.07 Å². The van der Waals surface area contributed by atoms with Crippen molar-refractivity contribution in [2.45, 2.75) is 19.2 Å². The topological polar surface area (TPSA) is 81.4 Å². The van der Waals surface area contributed by atoms with Crippen LogP contribution in [0, 0.1) is 18.3 Å². The molecule has 0 saturated heterocycles. The van der Waals surface area contributed by atoms with Crippen LogP contribution in [0.15, 0.2) is 29.7 Å². The molecule has 0 aliphatic rings. The standard InChI is InChI=1S/C18H15F3N2O4S/c1-11-10-28-17(23-11)16(18(19,20)21)27-15(24)6-4-12-3-5-13(26-8-7-22)14(9-12)25-2/h3-6,9-10,16H,8H2,1-2H3/b6-4+. The van der Waals surface area contributed by atoms with E-state index < -0.39 is 18.2 Å². The van der Waals surface area contributed by atoms with E-state index in [1.165, 1.54) is 30.7 Å². The molecule has 10 heteroatoms. The average Bonchev–Trinajstić information content (AvgIpc) is 3.07. The van der Waals surface area contributed by atoms with Crippen molar-refractivity contribution in [2.75, 3.05) is 13.7 Å². The van der Waals surface area contributed by atoms with Gasteiger partial charge >= 0.3 is 12.1 Å². The second kappa shape index (κ2) is 9.23. The molecule has 6 nitrogen and oxygen atoms in total. The minimum atomic E-state index is -4.78. The number of carbonyl (C=O) groups excluding carboxylic acids is 1. The zero-order valence-corrected chi connectivity index (χ0v) is 15.6. The number of alkyl halides is 3. The Hall–Kier alpha value is -3.06. The third-order valence-corrected chi connectivity index (χ3v) is 4.29. The minimum absolute atomic E-state index is 0.174. The SMILES string of the molecule is COc1cc(/C=C/C(=O)OC(c2nc(C)cs2)C(F)(F)F)ccc1OCC#N. The summed E-state index contributed by atoms with van der Waals surface area (Å²) in [6.07, 6.45) is -5.06. The Labute approximate surface area is 162 Å². The summed E-state index contributed by atoms with van der Waals surface area (Å²) in [6, 6.07) is 6.38. The van der Waals surface area contributed by atoms with Crippen LogP contribution in [0.2, 0.25) is 0 Å². The number of ether oxygens (including phenoxy) is 3. The van der Waals surface area contributed by atoms with Crippen molar-refractivity contribution in [1.82, 2.24) is 4.98 Å². The van der Waals surface area contributed by atoms with Gasteiger partial charge in [-0.2, -0.15) is 18.4 Å². The van der Waals surface area contributed by atoms with E-state index in [2.05, 4.69) is 9.72 Å². The zero-order chi connectivity index (χ0) is 20.7. The van der Waals surface area contributed by atoms with Crippen molar-refractivity contribution in [2.24, 2.45) is 0 Å². The van der Waals surface area contributed by atoms with Gasteiger partial charge in [0.25, 0.3) is 0 Å². The molecule has 1 aromatic carbocycles. The van der Waals surface area contributed by atoms with E-state index in [4.69, 9.17) is 14.7 Å². The number of hydrogen-bond acceptors (Lipinski definition) is 7. The highest BCUT2D eigenvalue weighted by Gasteiger charge is 2.45. The number of esters is 1. The summed E-state index contributed by atoms with van der Waals surface area (Å²) in [5.41, 5.74) is 0.874. The monoisotopic (exact) mass is 412 g/mol. The van der Waals surface area contributed by atoms with Gasteiger partial charge in [-0.15, -0.1) is 11.3 Å². The molecule has 28 heavy (non-hydrogen) atoms. The van der Waals surface area contributed by atoms with Gasteiger partial charge in [0, 0.05) is 17.2 Å². The summed E-state index contributed by atoms with van der Waals surface area (Å²) in [5.74, 6) is -0.545. The molecule has 0 amide bonds. The molecule has 1 aromatic heterocycles. The predicted molar refractivity (Wildman–Crippen MR) is 94.9 cm³/mol. The molecule has 0 fully saturated rings. The van der Waals surface area contributed by atoms with E-state index in [0.29, 0.717) is 22.8 Å². The maximum Gasteiger partial charge on any atom is 0.432 e. The lowest BCUT2D eigenvalue weighted by atomic mass is 10.2. The number of carbonyl (C=O) groups is 1. The summed E-state index contributed by atoms with van der Waals surface area (Å²) in [6.45, 7) is 1.37. The molecule has 0 N–H and O–H groups in total.